The van der Waals surface area contributed by atoms with Crippen LogP contribution in [-0.4, -0.2) is 27.7 Å². The third kappa shape index (κ3) is 2.04. The summed E-state index contributed by atoms with van der Waals surface area (Å²) >= 11 is 0. The van der Waals surface area contributed by atoms with Crippen molar-refractivity contribution in [3.8, 4) is 6.07 Å². The third-order valence-electron chi connectivity index (χ3n) is 4.97. The number of hydrogen-bond donors (Lipinski definition) is 0. The van der Waals surface area contributed by atoms with E-state index in [1.165, 1.54) is 0 Å². The molecular weight excluding hydrogens is 277 g/mol. The first-order chi connectivity index (χ1) is 10.3. The van der Waals surface area contributed by atoms with Gasteiger partial charge in [0.1, 0.15) is 17.4 Å². The highest BCUT2D eigenvalue weighted by Crippen LogP contribution is 2.42. The van der Waals surface area contributed by atoms with Crippen LogP contribution in [0.5, 0.6) is 0 Å². The zero-order valence-electron chi connectivity index (χ0n) is 13.6. The van der Waals surface area contributed by atoms with Gasteiger partial charge in [-0.1, -0.05) is 19.9 Å². The van der Waals surface area contributed by atoms with E-state index in [1.54, 1.807) is 10.6 Å². The predicted molar refractivity (Wildman–Crippen MR) is 84.8 cm³/mol. The molecule has 1 atom stereocenters. The molecule has 1 aliphatic heterocycles. The van der Waals surface area contributed by atoms with Gasteiger partial charge in [-0.2, -0.15) is 5.26 Å². The van der Waals surface area contributed by atoms with E-state index >= 15 is 0 Å². The van der Waals surface area contributed by atoms with Gasteiger partial charge in [0.2, 0.25) is 0 Å². The number of imidazole rings is 1. The van der Waals surface area contributed by atoms with Crippen LogP contribution in [0.15, 0.2) is 24.5 Å². The molecule has 2 aromatic rings. The van der Waals surface area contributed by atoms with Crippen LogP contribution >= 0.6 is 0 Å². The van der Waals surface area contributed by atoms with Crippen molar-refractivity contribution < 1.29 is 9.31 Å². The lowest BCUT2D eigenvalue weighted by atomic mass is 9.78. The Bertz CT molecular complexity index is 762. The van der Waals surface area contributed by atoms with Crippen LogP contribution in [0.4, 0.5) is 0 Å². The maximum Gasteiger partial charge on any atom is 0.496 e. The van der Waals surface area contributed by atoms with E-state index in [-0.39, 0.29) is 5.60 Å². The molecule has 0 aromatic carbocycles. The van der Waals surface area contributed by atoms with Gasteiger partial charge in [0.05, 0.1) is 17.4 Å². The Balaban J connectivity index is 2.01. The monoisotopic (exact) mass is 297 g/mol. The minimum absolute atomic E-state index is 0.319. The van der Waals surface area contributed by atoms with E-state index in [4.69, 9.17) is 14.6 Å². The van der Waals surface area contributed by atoms with Crippen molar-refractivity contribution in [2.45, 2.75) is 45.8 Å². The van der Waals surface area contributed by atoms with Gasteiger partial charge in [0.15, 0.2) is 0 Å². The SMILES string of the molecule is CC(C)C1(C)OB(c2ccc3ncc(C#N)n3c2)OC1(C)C. The quantitative estimate of drug-likeness (QED) is 0.797. The van der Waals surface area contributed by atoms with E-state index in [9.17, 15) is 0 Å². The Morgan fingerprint density at radius 3 is 2.59 bits per heavy atom. The number of nitrogens with zero attached hydrogens (tertiary/aromatic N) is 3. The molecule has 3 rings (SSSR count). The molecule has 6 heteroatoms. The fraction of sp³-hybridized carbons (Fsp3) is 0.500. The normalized spacial score (nSPS) is 24.1. The molecule has 0 spiro atoms. The van der Waals surface area contributed by atoms with Crippen molar-refractivity contribution in [3.05, 3.63) is 30.2 Å². The van der Waals surface area contributed by atoms with Crippen molar-refractivity contribution in [1.82, 2.24) is 9.38 Å². The first kappa shape index (κ1) is 15.1. The zero-order valence-corrected chi connectivity index (χ0v) is 13.6. The summed E-state index contributed by atoms with van der Waals surface area (Å²) in [6, 6.07) is 5.95. The summed E-state index contributed by atoms with van der Waals surface area (Å²) in [5.41, 5.74) is 1.36. The maximum absolute atomic E-state index is 9.15. The summed E-state index contributed by atoms with van der Waals surface area (Å²) in [5, 5.41) is 9.15. The second-order valence-corrected chi connectivity index (χ2v) is 6.79. The fourth-order valence-corrected chi connectivity index (χ4v) is 2.96. The van der Waals surface area contributed by atoms with Gasteiger partial charge in [0, 0.05) is 6.20 Å². The lowest BCUT2D eigenvalue weighted by Crippen LogP contribution is -2.48. The number of pyridine rings is 1. The van der Waals surface area contributed by atoms with E-state index in [0.717, 1.165) is 11.1 Å². The van der Waals surface area contributed by atoms with Gasteiger partial charge in [-0.05, 0) is 38.2 Å². The van der Waals surface area contributed by atoms with Crippen molar-refractivity contribution in [2.24, 2.45) is 5.92 Å². The lowest BCUT2D eigenvalue weighted by Gasteiger charge is -2.39. The minimum atomic E-state index is -0.444. The standard InChI is InChI=1S/C16H20BN3O2/c1-11(2)16(5)15(3,4)21-17(22-16)12-6-7-14-19-9-13(8-18)20(14)10-12/h6-7,9-11H,1-5H3. The molecule has 3 heterocycles. The number of rotatable bonds is 2. The Morgan fingerprint density at radius 2 is 2.00 bits per heavy atom. The van der Waals surface area contributed by atoms with Crippen molar-refractivity contribution in [2.75, 3.05) is 0 Å². The van der Waals surface area contributed by atoms with Crippen LogP contribution in [0.25, 0.3) is 5.65 Å². The number of hydrogen-bond acceptors (Lipinski definition) is 4. The van der Waals surface area contributed by atoms with E-state index < -0.39 is 12.7 Å². The van der Waals surface area contributed by atoms with Crippen LogP contribution in [0.1, 0.15) is 40.3 Å². The second kappa shape index (κ2) is 4.84. The molecule has 0 bridgehead atoms. The smallest absolute Gasteiger partial charge is 0.399 e. The van der Waals surface area contributed by atoms with Gasteiger partial charge >= 0.3 is 7.12 Å². The van der Waals surface area contributed by atoms with Gasteiger partial charge in [-0.25, -0.2) is 4.98 Å². The minimum Gasteiger partial charge on any atom is -0.399 e. The molecule has 114 valence electrons. The van der Waals surface area contributed by atoms with Gasteiger partial charge in [-0.15, -0.1) is 0 Å². The van der Waals surface area contributed by atoms with E-state index in [0.29, 0.717) is 11.6 Å². The molecule has 22 heavy (non-hydrogen) atoms. The van der Waals surface area contributed by atoms with Crippen LogP contribution < -0.4 is 5.46 Å². The predicted octanol–water partition coefficient (Wildman–Crippen LogP) is 2.14. The molecule has 0 amide bonds. The molecular formula is C16H20BN3O2. The van der Waals surface area contributed by atoms with Crippen LogP contribution in [0.3, 0.4) is 0 Å². The maximum atomic E-state index is 9.15. The van der Waals surface area contributed by atoms with Crippen molar-refractivity contribution >= 4 is 18.2 Å². The van der Waals surface area contributed by atoms with Crippen LogP contribution in [-0.2, 0) is 9.31 Å². The van der Waals surface area contributed by atoms with Gasteiger partial charge in [0.25, 0.3) is 0 Å². The molecule has 0 aliphatic carbocycles. The lowest BCUT2D eigenvalue weighted by molar-refractivity contribution is -0.0435. The topological polar surface area (TPSA) is 59.5 Å². The van der Waals surface area contributed by atoms with Gasteiger partial charge < -0.3 is 9.31 Å². The zero-order chi connectivity index (χ0) is 16.1. The summed E-state index contributed by atoms with van der Waals surface area (Å²) in [6.45, 7) is 10.5. The average Bonchev–Trinajstić information content (AvgIpc) is 2.97. The summed E-state index contributed by atoms with van der Waals surface area (Å²) in [6.07, 6.45) is 3.44. The first-order valence-electron chi connectivity index (χ1n) is 7.51. The fourth-order valence-electron chi connectivity index (χ4n) is 2.96. The summed E-state index contributed by atoms with van der Waals surface area (Å²) in [4.78, 5) is 4.20. The highest BCUT2D eigenvalue weighted by atomic mass is 16.7. The molecule has 1 fully saturated rings. The highest BCUT2D eigenvalue weighted by Gasteiger charge is 2.56. The Kier molecular flexibility index (Phi) is 3.31. The number of nitriles is 1. The number of aromatic nitrogens is 2. The molecule has 0 saturated carbocycles. The van der Waals surface area contributed by atoms with Crippen LogP contribution in [0.2, 0.25) is 0 Å². The van der Waals surface area contributed by atoms with Crippen molar-refractivity contribution in [3.63, 3.8) is 0 Å². The molecule has 5 nitrogen and oxygen atoms in total. The molecule has 2 aromatic heterocycles. The van der Waals surface area contributed by atoms with Gasteiger partial charge in [-0.3, -0.25) is 4.40 Å². The van der Waals surface area contributed by atoms with E-state index in [2.05, 4.69) is 45.7 Å². The number of fused-ring (bicyclic) bond motifs is 1. The molecule has 1 aliphatic rings. The van der Waals surface area contributed by atoms with E-state index in [1.807, 2.05) is 18.3 Å². The van der Waals surface area contributed by atoms with Crippen LogP contribution in [0, 0.1) is 17.2 Å². The van der Waals surface area contributed by atoms with Crippen molar-refractivity contribution in [1.29, 1.82) is 5.26 Å². The summed E-state index contributed by atoms with van der Waals surface area (Å²) in [5.74, 6) is 0.319. The third-order valence-corrected chi connectivity index (χ3v) is 4.97. The summed E-state index contributed by atoms with van der Waals surface area (Å²) < 4.78 is 14.2. The Hall–Kier alpha value is -1.84. The molecule has 0 radical (unpaired) electrons. The Labute approximate surface area is 131 Å². The Morgan fingerprint density at radius 1 is 1.27 bits per heavy atom. The molecule has 1 saturated heterocycles. The second-order valence-electron chi connectivity index (χ2n) is 6.79. The highest BCUT2D eigenvalue weighted by molar-refractivity contribution is 6.62. The largest absolute Gasteiger partial charge is 0.496 e. The average molecular weight is 297 g/mol. The first-order valence-corrected chi connectivity index (χ1v) is 7.51. The molecule has 1 unspecified atom stereocenters. The molecule has 0 N–H and O–H groups in total. The summed E-state index contributed by atoms with van der Waals surface area (Å²) in [7, 11) is -0.444.